The van der Waals surface area contributed by atoms with Crippen molar-refractivity contribution in [3.05, 3.63) is 12.7 Å². The van der Waals surface area contributed by atoms with Crippen molar-refractivity contribution in [1.29, 1.82) is 0 Å². The van der Waals surface area contributed by atoms with Gasteiger partial charge in [0, 0.05) is 13.0 Å². The Hall–Kier alpha value is -0.830. The molecule has 0 unspecified atom stereocenters. The van der Waals surface area contributed by atoms with Crippen molar-refractivity contribution in [3.8, 4) is 0 Å². The zero-order chi connectivity index (χ0) is 11.0. The van der Waals surface area contributed by atoms with E-state index in [2.05, 4.69) is 32.9 Å². The van der Waals surface area contributed by atoms with E-state index in [9.17, 15) is 4.79 Å². The Morgan fingerprint density at radius 2 is 2.07 bits per heavy atom. The van der Waals surface area contributed by atoms with Gasteiger partial charge in [0.1, 0.15) is 0 Å². The van der Waals surface area contributed by atoms with Gasteiger partial charge in [0.15, 0.2) is 0 Å². The van der Waals surface area contributed by atoms with Gasteiger partial charge in [0.25, 0.3) is 0 Å². The zero-order valence-corrected chi connectivity index (χ0v) is 9.68. The van der Waals surface area contributed by atoms with Crippen LogP contribution in [0, 0.1) is 0 Å². The molecule has 82 valence electrons. The summed E-state index contributed by atoms with van der Waals surface area (Å²) in [5.74, 6) is -0.0780. The van der Waals surface area contributed by atoms with Crippen molar-refractivity contribution in [2.45, 2.75) is 19.8 Å². The average molecular weight is 199 g/mol. The standard InChI is InChI=1S/C11H22N2O/c1-5-9-13(3,4)10-7-8-12-11(14)6-2/h6H,2,5,7-10H2,1,3-4H3/p+1. The summed E-state index contributed by atoms with van der Waals surface area (Å²) in [7, 11) is 4.44. The van der Waals surface area contributed by atoms with Crippen molar-refractivity contribution in [3.63, 3.8) is 0 Å². The highest BCUT2D eigenvalue weighted by Gasteiger charge is 2.12. The number of hydrogen-bond acceptors (Lipinski definition) is 1. The molecule has 3 heteroatoms. The minimum Gasteiger partial charge on any atom is -0.352 e. The van der Waals surface area contributed by atoms with Gasteiger partial charge in [0.05, 0.1) is 27.2 Å². The second-order valence-corrected chi connectivity index (χ2v) is 4.23. The van der Waals surface area contributed by atoms with Crippen LogP contribution >= 0.6 is 0 Å². The van der Waals surface area contributed by atoms with Crippen molar-refractivity contribution in [2.75, 3.05) is 33.7 Å². The Morgan fingerprint density at radius 3 is 2.57 bits per heavy atom. The fourth-order valence-electron chi connectivity index (χ4n) is 1.51. The van der Waals surface area contributed by atoms with E-state index in [1.807, 2.05) is 0 Å². The molecule has 0 spiro atoms. The van der Waals surface area contributed by atoms with E-state index in [0.717, 1.165) is 24.0 Å². The average Bonchev–Trinajstić information content (AvgIpc) is 2.12. The first-order valence-electron chi connectivity index (χ1n) is 5.24. The van der Waals surface area contributed by atoms with E-state index < -0.39 is 0 Å². The summed E-state index contributed by atoms with van der Waals surface area (Å²) in [5.41, 5.74) is 0. The highest BCUT2D eigenvalue weighted by atomic mass is 16.1. The second kappa shape index (κ2) is 6.60. The predicted octanol–water partition coefficient (Wildman–Crippen LogP) is 1.17. The zero-order valence-electron chi connectivity index (χ0n) is 9.68. The Labute approximate surface area is 87.4 Å². The lowest BCUT2D eigenvalue weighted by atomic mass is 10.3. The molecule has 0 atom stereocenters. The van der Waals surface area contributed by atoms with Gasteiger partial charge in [-0.05, 0) is 12.5 Å². The van der Waals surface area contributed by atoms with Gasteiger partial charge < -0.3 is 9.80 Å². The van der Waals surface area contributed by atoms with Gasteiger partial charge in [-0.2, -0.15) is 0 Å². The maximum Gasteiger partial charge on any atom is 0.243 e. The van der Waals surface area contributed by atoms with Crippen molar-refractivity contribution >= 4 is 5.91 Å². The summed E-state index contributed by atoms with van der Waals surface area (Å²) in [6.45, 7) is 8.63. The molecule has 0 aromatic rings. The lowest BCUT2D eigenvalue weighted by Gasteiger charge is -2.29. The molecular weight excluding hydrogens is 176 g/mol. The fraction of sp³-hybridized carbons (Fsp3) is 0.727. The molecule has 0 saturated carbocycles. The minimum atomic E-state index is -0.0780. The topological polar surface area (TPSA) is 29.1 Å². The van der Waals surface area contributed by atoms with Gasteiger partial charge in [-0.15, -0.1) is 0 Å². The van der Waals surface area contributed by atoms with Gasteiger partial charge >= 0.3 is 0 Å². The summed E-state index contributed by atoms with van der Waals surface area (Å²) in [4.78, 5) is 10.8. The highest BCUT2D eigenvalue weighted by molar-refractivity contribution is 5.86. The van der Waals surface area contributed by atoms with Crippen LogP contribution in [0.1, 0.15) is 19.8 Å². The molecule has 0 saturated heterocycles. The highest BCUT2D eigenvalue weighted by Crippen LogP contribution is 2.00. The van der Waals surface area contributed by atoms with Gasteiger partial charge in [-0.25, -0.2) is 0 Å². The number of rotatable bonds is 7. The molecule has 0 radical (unpaired) electrons. The number of carbonyl (C=O) groups is 1. The van der Waals surface area contributed by atoms with Crippen molar-refractivity contribution in [1.82, 2.24) is 5.32 Å². The molecule has 3 nitrogen and oxygen atoms in total. The largest absolute Gasteiger partial charge is 0.352 e. The van der Waals surface area contributed by atoms with Crippen LogP contribution in [0.25, 0.3) is 0 Å². The third-order valence-electron chi connectivity index (χ3n) is 2.25. The van der Waals surface area contributed by atoms with Gasteiger partial charge in [0.2, 0.25) is 5.91 Å². The van der Waals surface area contributed by atoms with Gasteiger partial charge in [-0.1, -0.05) is 13.5 Å². The normalized spacial score (nSPS) is 11.1. The summed E-state index contributed by atoms with van der Waals surface area (Å²) in [6, 6.07) is 0. The Kier molecular flexibility index (Phi) is 6.21. The predicted molar refractivity (Wildman–Crippen MR) is 60.0 cm³/mol. The number of nitrogens with one attached hydrogen (secondary N) is 1. The molecule has 0 rings (SSSR count). The lowest BCUT2D eigenvalue weighted by molar-refractivity contribution is -0.890. The van der Waals surface area contributed by atoms with Crippen LogP contribution < -0.4 is 5.32 Å². The molecule has 0 aliphatic rings. The van der Waals surface area contributed by atoms with Crippen LogP contribution in [-0.2, 0) is 4.79 Å². The van der Waals surface area contributed by atoms with E-state index >= 15 is 0 Å². The Morgan fingerprint density at radius 1 is 1.43 bits per heavy atom. The number of nitrogens with zero attached hydrogens (tertiary/aromatic N) is 1. The Balaban J connectivity index is 3.53. The molecule has 1 amide bonds. The molecule has 0 fully saturated rings. The summed E-state index contributed by atoms with van der Waals surface area (Å²) in [5, 5.41) is 2.78. The smallest absolute Gasteiger partial charge is 0.243 e. The third kappa shape index (κ3) is 6.66. The summed E-state index contributed by atoms with van der Waals surface area (Å²) < 4.78 is 1.03. The van der Waals surface area contributed by atoms with Crippen LogP contribution in [0.3, 0.4) is 0 Å². The minimum absolute atomic E-state index is 0.0780. The van der Waals surface area contributed by atoms with Gasteiger partial charge in [-0.3, -0.25) is 4.79 Å². The van der Waals surface area contributed by atoms with Crippen LogP contribution in [0.5, 0.6) is 0 Å². The molecule has 0 bridgehead atoms. The monoisotopic (exact) mass is 199 g/mol. The molecule has 0 aliphatic heterocycles. The lowest BCUT2D eigenvalue weighted by Crippen LogP contribution is -2.42. The number of amides is 1. The molecular formula is C11H23N2O+. The maximum absolute atomic E-state index is 10.8. The summed E-state index contributed by atoms with van der Waals surface area (Å²) >= 11 is 0. The molecule has 0 heterocycles. The van der Waals surface area contributed by atoms with Crippen LogP contribution in [0.4, 0.5) is 0 Å². The maximum atomic E-state index is 10.8. The molecule has 0 aromatic heterocycles. The van der Waals surface area contributed by atoms with Crippen LogP contribution in [0.15, 0.2) is 12.7 Å². The fourth-order valence-corrected chi connectivity index (χ4v) is 1.51. The SMILES string of the molecule is C=CC(=O)NCCC[N+](C)(C)CCC. The number of carbonyl (C=O) groups excluding carboxylic acids is 1. The van der Waals surface area contributed by atoms with E-state index in [-0.39, 0.29) is 5.91 Å². The third-order valence-corrected chi connectivity index (χ3v) is 2.25. The molecule has 14 heavy (non-hydrogen) atoms. The first kappa shape index (κ1) is 13.2. The first-order chi connectivity index (χ1) is 6.52. The van der Waals surface area contributed by atoms with Crippen molar-refractivity contribution < 1.29 is 9.28 Å². The van der Waals surface area contributed by atoms with E-state index in [1.54, 1.807) is 0 Å². The number of hydrogen-bond donors (Lipinski definition) is 1. The second-order valence-electron chi connectivity index (χ2n) is 4.23. The molecule has 0 aromatic carbocycles. The summed E-state index contributed by atoms with van der Waals surface area (Å²) in [6.07, 6.45) is 3.53. The molecule has 1 N–H and O–H groups in total. The number of quaternary nitrogens is 1. The van der Waals surface area contributed by atoms with Crippen molar-refractivity contribution in [2.24, 2.45) is 0 Å². The van der Waals surface area contributed by atoms with E-state index in [0.29, 0.717) is 0 Å². The Bertz CT molecular complexity index is 188. The van der Waals surface area contributed by atoms with E-state index in [4.69, 9.17) is 0 Å². The van der Waals surface area contributed by atoms with Crippen LogP contribution in [-0.4, -0.2) is 44.1 Å². The first-order valence-corrected chi connectivity index (χ1v) is 5.24. The quantitative estimate of drug-likeness (QED) is 0.372. The molecule has 0 aliphatic carbocycles. The van der Waals surface area contributed by atoms with E-state index in [1.165, 1.54) is 19.0 Å². The van der Waals surface area contributed by atoms with Crippen LogP contribution in [0.2, 0.25) is 0 Å².